The number of hydrogen-bond acceptors (Lipinski definition) is 4. The number of phenolic OH excluding ortho intramolecular Hbond substituents is 2. The highest BCUT2D eigenvalue weighted by atomic mass is 16.5. The topological polar surface area (TPSA) is 58.9 Å². The molecule has 0 amide bonds. The van der Waals surface area contributed by atoms with Gasteiger partial charge in [-0.05, 0) is 36.3 Å². The van der Waals surface area contributed by atoms with Crippen molar-refractivity contribution in [3.8, 4) is 17.2 Å². The second kappa shape index (κ2) is 9.34. The van der Waals surface area contributed by atoms with Crippen LogP contribution in [0.25, 0.3) is 6.08 Å². The van der Waals surface area contributed by atoms with Crippen molar-refractivity contribution in [2.75, 3.05) is 14.2 Å². The van der Waals surface area contributed by atoms with E-state index in [9.17, 15) is 10.2 Å². The van der Waals surface area contributed by atoms with Crippen LogP contribution in [0.2, 0.25) is 0 Å². The lowest BCUT2D eigenvalue weighted by Crippen LogP contribution is -1.86. The molecule has 2 rings (SSSR count). The van der Waals surface area contributed by atoms with Gasteiger partial charge in [0.1, 0.15) is 5.75 Å². The third kappa shape index (κ3) is 5.40. The molecule has 4 nitrogen and oxygen atoms in total. The molecule has 0 radical (unpaired) electrons. The highest BCUT2D eigenvalue weighted by Crippen LogP contribution is 2.26. The molecule has 0 bridgehead atoms. The number of para-hydroxylation sites is 1. The van der Waals surface area contributed by atoms with Gasteiger partial charge in [0.25, 0.3) is 0 Å². The molecule has 2 N–H and O–H groups in total. The van der Waals surface area contributed by atoms with E-state index in [1.54, 1.807) is 38.5 Å². The smallest absolute Gasteiger partial charge is 0.160 e. The van der Waals surface area contributed by atoms with Gasteiger partial charge in [-0.2, -0.15) is 0 Å². The lowest BCUT2D eigenvalue weighted by molar-refractivity contribution is 0.341. The van der Waals surface area contributed by atoms with Crippen LogP contribution in [0.1, 0.15) is 18.1 Å². The molecule has 22 heavy (non-hydrogen) atoms. The molecule has 0 saturated carbocycles. The Morgan fingerprint density at radius 1 is 1.00 bits per heavy atom. The Kier molecular flexibility index (Phi) is 7.40. The van der Waals surface area contributed by atoms with Gasteiger partial charge in [0.15, 0.2) is 11.5 Å². The fraction of sp³-hybridized carbons (Fsp3) is 0.222. The van der Waals surface area contributed by atoms with Crippen LogP contribution >= 0.6 is 0 Å². The average molecular weight is 302 g/mol. The number of aryl methyl sites for hydroxylation is 1. The summed E-state index contributed by atoms with van der Waals surface area (Å²) in [5, 5.41) is 18.4. The zero-order valence-electron chi connectivity index (χ0n) is 13.1. The van der Waals surface area contributed by atoms with E-state index in [1.165, 1.54) is 11.8 Å². The van der Waals surface area contributed by atoms with Gasteiger partial charge in [-0.15, -0.1) is 0 Å². The van der Waals surface area contributed by atoms with Gasteiger partial charge in [-0.1, -0.05) is 31.2 Å². The van der Waals surface area contributed by atoms with Gasteiger partial charge in [0.05, 0.1) is 20.5 Å². The van der Waals surface area contributed by atoms with Gasteiger partial charge in [0, 0.05) is 5.56 Å². The first-order chi connectivity index (χ1) is 10.6. The van der Waals surface area contributed by atoms with E-state index in [0.717, 1.165) is 12.0 Å². The quantitative estimate of drug-likeness (QED) is 0.839. The van der Waals surface area contributed by atoms with Gasteiger partial charge in [-0.3, -0.25) is 0 Å². The maximum Gasteiger partial charge on any atom is 0.160 e. The number of ether oxygens (including phenoxy) is 2. The Balaban J connectivity index is 0.000000220. The van der Waals surface area contributed by atoms with E-state index in [-0.39, 0.29) is 11.5 Å². The SMILES string of the molecule is CCc1ccc(O)c(OC)c1.COC=Cc1ccccc1O. The molecule has 2 aromatic rings. The molecule has 118 valence electrons. The normalized spacial score (nSPS) is 9.95. The molecule has 0 aliphatic rings. The zero-order valence-corrected chi connectivity index (χ0v) is 13.1. The van der Waals surface area contributed by atoms with Crippen molar-refractivity contribution in [1.29, 1.82) is 0 Å². The summed E-state index contributed by atoms with van der Waals surface area (Å²) in [6.07, 6.45) is 4.18. The largest absolute Gasteiger partial charge is 0.507 e. The van der Waals surface area contributed by atoms with E-state index >= 15 is 0 Å². The van der Waals surface area contributed by atoms with E-state index in [0.29, 0.717) is 5.75 Å². The van der Waals surface area contributed by atoms with Gasteiger partial charge in [0.2, 0.25) is 0 Å². The Bertz CT molecular complexity index is 606. The molecule has 2 aromatic carbocycles. The molecular formula is C18H22O4. The van der Waals surface area contributed by atoms with Gasteiger partial charge >= 0.3 is 0 Å². The van der Waals surface area contributed by atoms with Crippen LogP contribution in [-0.2, 0) is 11.2 Å². The second-order valence-corrected chi connectivity index (χ2v) is 4.46. The molecule has 0 fully saturated rings. The molecule has 0 aliphatic carbocycles. The molecule has 0 aromatic heterocycles. The number of methoxy groups -OCH3 is 2. The minimum absolute atomic E-state index is 0.199. The van der Waals surface area contributed by atoms with Crippen molar-refractivity contribution < 1.29 is 19.7 Å². The maximum atomic E-state index is 9.23. The van der Waals surface area contributed by atoms with Crippen molar-refractivity contribution in [3.63, 3.8) is 0 Å². The summed E-state index contributed by atoms with van der Waals surface area (Å²) in [6.45, 7) is 2.06. The van der Waals surface area contributed by atoms with Crippen molar-refractivity contribution in [1.82, 2.24) is 0 Å². The molecular weight excluding hydrogens is 280 g/mol. The summed E-state index contributed by atoms with van der Waals surface area (Å²) < 4.78 is 9.65. The predicted octanol–water partition coefficient (Wildman–Crippen LogP) is 3.97. The first kappa shape index (κ1) is 17.4. The number of rotatable bonds is 4. The number of hydrogen-bond donors (Lipinski definition) is 2. The van der Waals surface area contributed by atoms with Crippen LogP contribution in [0.5, 0.6) is 17.2 Å². The fourth-order valence-electron chi connectivity index (χ4n) is 1.71. The molecule has 0 aliphatic heterocycles. The molecule has 0 saturated heterocycles. The monoisotopic (exact) mass is 302 g/mol. The number of benzene rings is 2. The minimum atomic E-state index is 0.199. The first-order valence-electron chi connectivity index (χ1n) is 6.95. The van der Waals surface area contributed by atoms with E-state index in [2.05, 4.69) is 6.92 Å². The van der Waals surface area contributed by atoms with Crippen LogP contribution in [0.4, 0.5) is 0 Å². The summed E-state index contributed by atoms with van der Waals surface area (Å²) >= 11 is 0. The summed E-state index contributed by atoms with van der Waals surface area (Å²) in [7, 11) is 3.12. The summed E-state index contributed by atoms with van der Waals surface area (Å²) in [5.41, 5.74) is 1.93. The zero-order chi connectivity index (χ0) is 16.4. The lowest BCUT2D eigenvalue weighted by Gasteiger charge is -2.03. The molecule has 4 heteroatoms. The van der Waals surface area contributed by atoms with Gasteiger partial charge < -0.3 is 19.7 Å². The second-order valence-electron chi connectivity index (χ2n) is 4.46. The highest BCUT2D eigenvalue weighted by molar-refractivity contribution is 5.55. The highest BCUT2D eigenvalue weighted by Gasteiger charge is 1.99. The average Bonchev–Trinajstić information content (AvgIpc) is 2.55. The number of phenols is 2. The molecule has 0 spiro atoms. The number of aromatic hydroxyl groups is 2. The lowest BCUT2D eigenvalue weighted by atomic mass is 10.1. The third-order valence-electron chi connectivity index (χ3n) is 2.97. The van der Waals surface area contributed by atoms with Crippen molar-refractivity contribution in [2.45, 2.75) is 13.3 Å². The molecule has 0 atom stereocenters. The molecule has 0 unspecified atom stereocenters. The van der Waals surface area contributed by atoms with Crippen LogP contribution in [0.15, 0.2) is 48.7 Å². The Labute approximate surface area is 131 Å². The maximum absolute atomic E-state index is 9.23. The van der Waals surface area contributed by atoms with Gasteiger partial charge in [-0.25, -0.2) is 0 Å². The minimum Gasteiger partial charge on any atom is -0.507 e. The van der Waals surface area contributed by atoms with Crippen LogP contribution in [0, 0.1) is 0 Å². The van der Waals surface area contributed by atoms with Crippen molar-refractivity contribution in [2.24, 2.45) is 0 Å². The van der Waals surface area contributed by atoms with E-state index in [1.807, 2.05) is 24.3 Å². The fourth-order valence-corrected chi connectivity index (χ4v) is 1.71. The van der Waals surface area contributed by atoms with Crippen LogP contribution < -0.4 is 4.74 Å². The summed E-state index contributed by atoms with van der Waals surface area (Å²) in [5.74, 6) is 1.01. The van der Waals surface area contributed by atoms with Crippen molar-refractivity contribution >= 4 is 6.08 Å². The Morgan fingerprint density at radius 2 is 1.73 bits per heavy atom. The first-order valence-corrected chi connectivity index (χ1v) is 6.95. The van der Waals surface area contributed by atoms with Crippen molar-refractivity contribution in [3.05, 3.63) is 59.9 Å². The summed E-state index contributed by atoms with van der Waals surface area (Å²) in [4.78, 5) is 0. The van der Waals surface area contributed by atoms with E-state index in [4.69, 9.17) is 9.47 Å². The predicted molar refractivity (Wildman–Crippen MR) is 88.2 cm³/mol. The third-order valence-corrected chi connectivity index (χ3v) is 2.97. The Hall–Kier alpha value is -2.62. The van der Waals surface area contributed by atoms with Crippen LogP contribution in [0.3, 0.4) is 0 Å². The standard InChI is InChI=1S/C9H10O2.C9H12O2/c1-11-7-6-8-4-2-3-5-9(8)10;1-3-7-4-5-8(10)9(6-7)11-2/h2-7,10H,1H3;4-6,10H,3H2,1-2H3. The Morgan fingerprint density at radius 3 is 2.32 bits per heavy atom. The summed E-state index contributed by atoms with van der Waals surface area (Å²) in [6, 6.07) is 12.5. The van der Waals surface area contributed by atoms with Crippen LogP contribution in [-0.4, -0.2) is 24.4 Å². The molecule has 0 heterocycles. The van der Waals surface area contributed by atoms with E-state index < -0.39 is 0 Å².